The number of halogens is 1. The second-order valence-electron chi connectivity index (χ2n) is 3.12. The Balaban J connectivity index is 2.93. The maximum Gasteiger partial charge on any atom is 0.133 e. The SMILES string of the molecule is Cc1cc(F)c2c(C)[nH]cc2c1. The van der Waals surface area contributed by atoms with Gasteiger partial charge in [0, 0.05) is 22.7 Å². The third-order valence-corrected chi connectivity index (χ3v) is 2.08. The fourth-order valence-electron chi connectivity index (χ4n) is 1.54. The summed E-state index contributed by atoms with van der Waals surface area (Å²) >= 11 is 0. The first-order valence-corrected chi connectivity index (χ1v) is 3.92. The van der Waals surface area contributed by atoms with Crippen LogP contribution >= 0.6 is 0 Å². The van der Waals surface area contributed by atoms with E-state index in [0.29, 0.717) is 5.39 Å². The Morgan fingerprint density at radius 2 is 2.00 bits per heavy atom. The standard InChI is InChI=1S/C10H10FN/c1-6-3-8-5-12-7(2)10(8)9(11)4-6/h3-5,12H,1-2H3. The van der Waals surface area contributed by atoms with Gasteiger partial charge in [0.15, 0.2) is 0 Å². The molecule has 0 unspecified atom stereocenters. The smallest absolute Gasteiger partial charge is 0.133 e. The third kappa shape index (κ3) is 0.916. The van der Waals surface area contributed by atoms with Gasteiger partial charge in [0.2, 0.25) is 0 Å². The fraction of sp³-hybridized carbons (Fsp3) is 0.200. The molecular weight excluding hydrogens is 153 g/mol. The molecule has 0 saturated carbocycles. The highest BCUT2D eigenvalue weighted by molar-refractivity contribution is 5.86. The van der Waals surface area contributed by atoms with E-state index in [4.69, 9.17) is 0 Å². The van der Waals surface area contributed by atoms with Crippen molar-refractivity contribution in [2.45, 2.75) is 13.8 Å². The van der Waals surface area contributed by atoms with E-state index in [9.17, 15) is 4.39 Å². The number of aryl methyl sites for hydroxylation is 2. The van der Waals surface area contributed by atoms with Crippen LogP contribution < -0.4 is 0 Å². The summed E-state index contributed by atoms with van der Waals surface area (Å²) in [6.45, 7) is 3.77. The number of nitrogens with one attached hydrogen (secondary N) is 1. The van der Waals surface area contributed by atoms with E-state index in [1.807, 2.05) is 26.1 Å². The Kier molecular flexibility index (Phi) is 1.43. The molecule has 0 aliphatic carbocycles. The molecule has 1 N–H and O–H groups in total. The summed E-state index contributed by atoms with van der Waals surface area (Å²) in [5, 5.41) is 1.66. The summed E-state index contributed by atoms with van der Waals surface area (Å²) in [7, 11) is 0. The van der Waals surface area contributed by atoms with Gasteiger partial charge in [-0.1, -0.05) is 0 Å². The van der Waals surface area contributed by atoms with E-state index in [-0.39, 0.29) is 5.82 Å². The zero-order valence-corrected chi connectivity index (χ0v) is 7.11. The molecule has 1 heterocycles. The summed E-state index contributed by atoms with van der Waals surface area (Å²) in [4.78, 5) is 3.00. The lowest BCUT2D eigenvalue weighted by Crippen LogP contribution is -1.80. The third-order valence-electron chi connectivity index (χ3n) is 2.08. The molecule has 2 aromatic rings. The van der Waals surface area contributed by atoms with E-state index in [0.717, 1.165) is 16.6 Å². The molecular formula is C10H10FN. The molecule has 12 heavy (non-hydrogen) atoms. The second kappa shape index (κ2) is 2.34. The molecule has 1 aromatic heterocycles. The molecule has 62 valence electrons. The average molecular weight is 163 g/mol. The lowest BCUT2D eigenvalue weighted by atomic mass is 10.1. The normalized spacial score (nSPS) is 10.9. The molecule has 0 spiro atoms. The minimum atomic E-state index is -0.135. The molecule has 0 radical (unpaired) electrons. The highest BCUT2D eigenvalue weighted by Gasteiger charge is 2.05. The molecule has 0 bridgehead atoms. The quantitative estimate of drug-likeness (QED) is 0.614. The minimum absolute atomic E-state index is 0.135. The number of aromatic nitrogens is 1. The van der Waals surface area contributed by atoms with Gasteiger partial charge in [-0.2, -0.15) is 0 Å². The lowest BCUT2D eigenvalue weighted by molar-refractivity contribution is 0.638. The summed E-state index contributed by atoms with van der Waals surface area (Å²) in [6.07, 6.45) is 1.83. The van der Waals surface area contributed by atoms with Gasteiger partial charge in [-0.25, -0.2) is 4.39 Å². The maximum absolute atomic E-state index is 13.3. The number of fused-ring (bicyclic) bond motifs is 1. The van der Waals surface area contributed by atoms with Crippen LogP contribution in [0.15, 0.2) is 18.3 Å². The van der Waals surface area contributed by atoms with E-state index in [2.05, 4.69) is 4.98 Å². The van der Waals surface area contributed by atoms with Crippen LogP contribution in [0.3, 0.4) is 0 Å². The van der Waals surface area contributed by atoms with Crippen molar-refractivity contribution in [2.75, 3.05) is 0 Å². The Hall–Kier alpha value is -1.31. The van der Waals surface area contributed by atoms with Crippen LogP contribution in [-0.2, 0) is 0 Å². The molecule has 0 fully saturated rings. The highest BCUT2D eigenvalue weighted by Crippen LogP contribution is 2.22. The van der Waals surface area contributed by atoms with Crippen molar-refractivity contribution in [2.24, 2.45) is 0 Å². The van der Waals surface area contributed by atoms with Gasteiger partial charge in [0.25, 0.3) is 0 Å². The number of hydrogen-bond donors (Lipinski definition) is 1. The van der Waals surface area contributed by atoms with E-state index >= 15 is 0 Å². The molecule has 1 nitrogen and oxygen atoms in total. The predicted molar refractivity (Wildman–Crippen MR) is 47.7 cm³/mol. The van der Waals surface area contributed by atoms with Crippen LogP contribution in [-0.4, -0.2) is 4.98 Å². The number of aromatic amines is 1. The molecule has 0 aliphatic rings. The summed E-state index contributed by atoms with van der Waals surface area (Å²) in [5.41, 5.74) is 1.85. The van der Waals surface area contributed by atoms with Crippen molar-refractivity contribution in [3.8, 4) is 0 Å². The molecule has 0 aliphatic heterocycles. The Labute approximate surface area is 70.2 Å². The highest BCUT2D eigenvalue weighted by atomic mass is 19.1. The molecule has 2 heteroatoms. The largest absolute Gasteiger partial charge is 0.364 e. The van der Waals surface area contributed by atoms with Gasteiger partial charge in [-0.05, 0) is 31.5 Å². The van der Waals surface area contributed by atoms with Crippen LogP contribution in [0.1, 0.15) is 11.3 Å². The van der Waals surface area contributed by atoms with Crippen molar-refractivity contribution in [3.63, 3.8) is 0 Å². The van der Waals surface area contributed by atoms with E-state index in [1.165, 1.54) is 0 Å². The van der Waals surface area contributed by atoms with Gasteiger partial charge in [0.1, 0.15) is 5.82 Å². The Bertz CT molecular complexity index is 429. The first-order valence-electron chi connectivity index (χ1n) is 3.92. The van der Waals surface area contributed by atoms with Crippen LogP contribution in [0.25, 0.3) is 10.8 Å². The second-order valence-corrected chi connectivity index (χ2v) is 3.12. The van der Waals surface area contributed by atoms with Crippen molar-refractivity contribution < 1.29 is 4.39 Å². The molecule has 0 atom stereocenters. The van der Waals surface area contributed by atoms with E-state index < -0.39 is 0 Å². The zero-order chi connectivity index (χ0) is 8.72. The maximum atomic E-state index is 13.3. The predicted octanol–water partition coefficient (Wildman–Crippen LogP) is 2.92. The van der Waals surface area contributed by atoms with Gasteiger partial charge < -0.3 is 4.98 Å². The topological polar surface area (TPSA) is 15.8 Å². The summed E-state index contributed by atoms with van der Waals surface area (Å²) < 4.78 is 13.3. The van der Waals surface area contributed by atoms with Crippen LogP contribution in [0.2, 0.25) is 0 Å². The number of benzene rings is 1. The van der Waals surface area contributed by atoms with Crippen molar-refractivity contribution in [3.05, 3.63) is 35.4 Å². The summed E-state index contributed by atoms with van der Waals surface area (Å²) in [5.74, 6) is -0.135. The number of rotatable bonds is 0. The lowest BCUT2D eigenvalue weighted by Gasteiger charge is -1.96. The van der Waals surface area contributed by atoms with Crippen LogP contribution in [0.4, 0.5) is 4.39 Å². The zero-order valence-electron chi connectivity index (χ0n) is 7.11. The average Bonchev–Trinajstić information content (AvgIpc) is 2.31. The molecule has 1 aromatic carbocycles. The monoisotopic (exact) mass is 163 g/mol. The fourth-order valence-corrected chi connectivity index (χ4v) is 1.54. The minimum Gasteiger partial charge on any atom is -0.364 e. The number of H-pyrrole nitrogens is 1. The van der Waals surface area contributed by atoms with Gasteiger partial charge in [0.05, 0.1) is 0 Å². The van der Waals surface area contributed by atoms with Crippen molar-refractivity contribution in [1.29, 1.82) is 0 Å². The molecule has 0 amide bonds. The van der Waals surface area contributed by atoms with Crippen molar-refractivity contribution in [1.82, 2.24) is 4.98 Å². The Morgan fingerprint density at radius 3 is 2.75 bits per heavy atom. The number of hydrogen-bond acceptors (Lipinski definition) is 0. The van der Waals surface area contributed by atoms with Gasteiger partial charge >= 0.3 is 0 Å². The van der Waals surface area contributed by atoms with Crippen molar-refractivity contribution >= 4 is 10.8 Å². The van der Waals surface area contributed by atoms with Gasteiger partial charge in [-0.3, -0.25) is 0 Å². The van der Waals surface area contributed by atoms with Crippen LogP contribution in [0.5, 0.6) is 0 Å². The van der Waals surface area contributed by atoms with E-state index in [1.54, 1.807) is 6.07 Å². The molecule has 0 saturated heterocycles. The first kappa shape index (κ1) is 7.35. The molecule has 2 rings (SSSR count). The Morgan fingerprint density at radius 1 is 1.25 bits per heavy atom. The van der Waals surface area contributed by atoms with Crippen LogP contribution in [0, 0.1) is 19.7 Å². The van der Waals surface area contributed by atoms with Gasteiger partial charge in [-0.15, -0.1) is 0 Å². The summed E-state index contributed by atoms with van der Waals surface area (Å²) in [6, 6.07) is 3.53. The first-order chi connectivity index (χ1) is 5.68.